The molecule has 1 amide bonds. The van der Waals surface area contributed by atoms with Crippen LogP contribution in [0.1, 0.15) is 39.5 Å². The van der Waals surface area contributed by atoms with E-state index in [4.69, 9.17) is 0 Å². The Hall–Kier alpha value is -0.610. The van der Waals surface area contributed by atoms with Gasteiger partial charge in [-0.2, -0.15) is 0 Å². The summed E-state index contributed by atoms with van der Waals surface area (Å²) >= 11 is 0. The molecule has 0 bridgehead atoms. The Bertz CT molecular complexity index is 229. The Morgan fingerprint density at radius 1 is 1.33 bits per heavy atom. The lowest BCUT2D eigenvalue weighted by Gasteiger charge is -2.32. The van der Waals surface area contributed by atoms with E-state index in [1.165, 1.54) is 0 Å². The summed E-state index contributed by atoms with van der Waals surface area (Å²) < 4.78 is 0. The van der Waals surface area contributed by atoms with Gasteiger partial charge in [-0.3, -0.25) is 4.79 Å². The van der Waals surface area contributed by atoms with Crippen LogP contribution in [0.15, 0.2) is 0 Å². The molecule has 1 fully saturated rings. The Morgan fingerprint density at radius 2 is 1.93 bits per heavy atom. The Balaban J connectivity index is 2.50. The summed E-state index contributed by atoms with van der Waals surface area (Å²) in [5.41, 5.74) is -0.572. The molecular formula is C11H22N2O2. The van der Waals surface area contributed by atoms with Gasteiger partial charge >= 0.3 is 0 Å². The molecule has 1 aliphatic rings. The molecule has 0 heterocycles. The van der Waals surface area contributed by atoms with E-state index in [9.17, 15) is 9.90 Å². The first-order valence-electron chi connectivity index (χ1n) is 5.65. The second-order valence-electron chi connectivity index (χ2n) is 4.81. The highest BCUT2D eigenvalue weighted by atomic mass is 16.3. The number of aliphatic hydroxyl groups excluding tert-OH is 1. The summed E-state index contributed by atoms with van der Waals surface area (Å²) in [5.74, 6) is -0.0454. The van der Waals surface area contributed by atoms with Crippen LogP contribution in [0.25, 0.3) is 0 Å². The van der Waals surface area contributed by atoms with E-state index >= 15 is 0 Å². The zero-order valence-corrected chi connectivity index (χ0v) is 9.84. The minimum atomic E-state index is -0.572. The zero-order valence-electron chi connectivity index (χ0n) is 9.84. The van der Waals surface area contributed by atoms with Crippen LogP contribution in [0.2, 0.25) is 0 Å². The summed E-state index contributed by atoms with van der Waals surface area (Å²) in [6, 6.07) is -0.0705. The molecule has 15 heavy (non-hydrogen) atoms. The van der Waals surface area contributed by atoms with Gasteiger partial charge in [0.25, 0.3) is 0 Å². The van der Waals surface area contributed by atoms with Gasteiger partial charge in [0.1, 0.15) is 0 Å². The van der Waals surface area contributed by atoms with Gasteiger partial charge in [0.05, 0.1) is 17.7 Å². The number of amides is 1. The SMILES string of the molecule is CNC(C)(C)C(=O)N[C@@H]1CCCC[C@H]1O. The van der Waals surface area contributed by atoms with Gasteiger partial charge in [0.2, 0.25) is 5.91 Å². The Morgan fingerprint density at radius 3 is 2.47 bits per heavy atom. The van der Waals surface area contributed by atoms with E-state index < -0.39 is 5.54 Å². The van der Waals surface area contributed by atoms with E-state index in [-0.39, 0.29) is 18.1 Å². The highest BCUT2D eigenvalue weighted by molar-refractivity contribution is 5.85. The molecule has 88 valence electrons. The maximum atomic E-state index is 11.8. The van der Waals surface area contributed by atoms with Crippen molar-refractivity contribution in [1.29, 1.82) is 0 Å². The minimum absolute atomic E-state index is 0.0454. The number of likely N-dealkylation sites (N-methyl/N-ethyl adjacent to an activating group) is 1. The van der Waals surface area contributed by atoms with Crippen LogP contribution in [0, 0.1) is 0 Å². The smallest absolute Gasteiger partial charge is 0.240 e. The third-order valence-electron chi connectivity index (χ3n) is 3.24. The lowest BCUT2D eigenvalue weighted by Crippen LogP contribution is -2.56. The standard InChI is InChI=1S/C11H22N2O2/c1-11(2,12-3)10(15)13-8-6-4-5-7-9(8)14/h8-9,12,14H,4-7H2,1-3H3,(H,13,15)/t8-,9-/m1/s1. The number of hydrogen-bond donors (Lipinski definition) is 3. The molecule has 0 radical (unpaired) electrons. The fourth-order valence-corrected chi connectivity index (χ4v) is 1.74. The van der Waals surface area contributed by atoms with E-state index in [1.807, 2.05) is 13.8 Å². The second-order valence-corrected chi connectivity index (χ2v) is 4.81. The van der Waals surface area contributed by atoms with Crippen LogP contribution in [-0.4, -0.2) is 35.7 Å². The molecule has 1 rings (SSSR count). The predicted octanol–water partition coefficient (Wildman–Crippen LogP) is 0.404. The maximum absolute atomic E-state index is 11.8. The first-order chi connectivity index (χ1) is 6.97. The van der Waals surface area contributed by atoms with Gasteiger partial charge in [-0.1, -0.05) is 12.8 Å². The van der Waals surface area contributed by atoms with Crippen LogP contribution < -0.4 is 10.6 Å². The minimum Gasteiger partial charge on any atom is -0.391 e. The van der Waals surface area contributed by atoms with Crippen molar-refractivity contribution in [2.24, 2.45) is 0 Å². The first-order valence-corrected chi connectivity index (χ1v) is 5.65. The van der Waals surface area contributed by atoms with E-state index in [0.29, 0.717) is 0 Å². The largest absolute Gasteiger partial charge is 0.391 e. The fraction of sp³-hybridized carbons (Fsp3) is 0.909. The quantitative estimate of drug-likeness (QED) is 0.637. The highest BCUT2D eigenvalue weighted by Gasteiger charge is 2.30. The lowest BCUT2D eigenvalue weighted by molar-refractivity contribution is -0.128. The number of carbonyl (C=O) groups is 1. The molecular weight excluding hydrogens is 192 g/mol. The van der Waals surface area contributed by atoms with Gasteiger partial charge in [0.15, 0.2) is 0 Å². The first kappa shape index (κ1) is 12.5. The van der Waals surface area contributed by atoms with Crippen LogP contribution in [0.4, 0.5) is 0 Å². The fourth-order valence-electron chi connectivity index (χ4n) is 1.74. The summed E-state index contributed by atoms with van der Waals surface area (Å²) in [4.78, 5) is 11.8. The van der Waals surface area contributed by atoms with Gasteiger partial charge in [-0.15, -0.1) is 0 Å². The van der Waals surface area contributed by atoms with Gasteiger partial charge < -0.3 is 15.7 Å². The maximum Gasteiger partial charge on any atom is 0.240 e. The number of aliphatic hydroxyl groups is 1. The van der Waals surface area contributed by atoms with E-state index in [0.717, 1.165) is 25.7 Å². The molecule has 1 saturated carbocycles. The Kier molecular flexibility index (Phi) is 4.11. The number of carbonyl (C=O) groups excluding carboxylic acids is 1. The molecule has 4 nitrogen and oxygen atoms in total. The highest BCUT2D eigenvalue weighted by Crippen LogP contribution is 2.18. The average molecular weight is 214 g/mol. The van der Waals surface area contributed by atoms with Crippen molar-refractivity contribution < 1.29 is 9.90 Å². The molecule has 4 heteroatoms. The molecule has 0 unspecified atom stereocenters. The van der Waals surface area contributed by atoms with Gasteiger partial charge in [0, 0.05) is 0 Å². The average Bonchev–Trinajstić information content (AvgIpc) is 2.21. The normalized spacial score (nSPS) is 27.5. The van der Waals surface area contributed by atoms with Crippen molar-refractivity contribution in [2.75, 3.05) is 7.05 Å². The van der Waals surface area contributed by atoms with E-state index in [2.05, 4.69) is 10.6 Å². The van der Waals surface area contributed by atoms with Crippen LogP contribution >= 0.6 is 0 Å². The molecule has 0 aliphatic heterocycles. The van der Waals surface area contributed by atoms with Crippen molar-refractivity contribution in [3.8, 4) is 0 Å². The summed E-state index contributed by atoms with van der Waals surface area (Å²) in [7, 11) is 1.76. The van der Waals surface area contributed by atoms with Crippen molar-refractivity contribution in [1.82, 2.24) is 10.6 Å². The molecule has 0 spiro atoms. The molecule has 3 N–H and O–H groups in total. The number of nitrogens with one attached hydrogen (secondary N) is 2. The van der Waals surface area contributed by atoms with Crippen LogP contribution in [-0.2, 0) is 4.79 Å². The van der Waals surface area contributed by atoms with Crippen LogP contribution in [0.5, 0.6) is 0 Å². The van der Waals surface area contributed by atoms with E-state index in [1.54, 1.807) is 7.05 Å². The zero-order chi connectivity index (χ0) is 11.5. The molecule has 1 aliphatic carbocycles. The second kappa shape index (κ2) is 4.94. The summed E-state index contributed by atoms with van der Waals surface area (Å²) in [6.07, 6.45) is 3.44. The molecule has 0 aromatic rings. The van der Waals surface area contributed by atoms with Gasteiger partial charge in [-0.25, -0.2) is 0 Å². The third-order valence-corrected chi connectivity index (χ3v) is 3.24. The Labute approximate surface area is 91.4 Å². The summed E-state index contributed by atoms with van der Waals surface area (Å²) in [5, 5.41) is 15.6. The molecule has 0 saturated heterocycles. The van der Waals surface area contributed by atoms with Crippen LogP contribution in [0.3, 0.4) is 0 Å². The summed E-state index contributed by atoms with van der Waals surface area (Å²) in [6.45, 7) is 3.66. The number of hydrogen-bond acceptors (Lipinski definition) is 3. The van der Waals surface area contributed by atoms with Gasteiger partial charge in [-0.05, 0) is 33.7 Å². The van der Waals surface area contributed by atoms with Crippen molar-refractivity contribution in [3.05, 3.63) is 0 Å². The molecule has 0 aromatic heterocycles. The topological polar surface area (TPSA) is 61.4 Å². The van der Waals surface area contributed by atoms with Crippen molar-refractivity contribution in [3.63, 3.8) is 0 Å². The molecule has 2 atom stereocenters. The number of rotatable bonds is 3. The molecule has 0 aromatic carbocycles. The monoisotopic (exact) mass is 214 g/mol. The lowest BCUT2D eigenvalue weighted by atomic mass is 9.91. The van der Waals surface area contributed by atoms with Crippen molar-refractivity contribution >= 4 is 5.91 Å². The predicted molar refractivity (Wildman–Crippen MR) is 59.5 cm³/mol. The van der Waals surface area contributed by atoms with Crippen molar-refractivity contribution in [2.45, 2.75) is 57.2 Å². The third kappa shape index (κ3) is 3.18.